The lowest BCUT2D eigenvalue weighted by Gasteiger charge is -2.43. The number of halogens is 2. The highest BCUT2D eigenvalue weighted by Crippen LogP contribution is 2.40. The average molecular weight is 405 g/mol. The lowest BCUT2D eigenvalue weighted by atomic mass is 9.84. The Morgan fingerprint density at radius 2 is 1.89 bits per heavy atom. The first-order valence-electron chi connectivity index (χ1n) is 9.10. The largest absolute Gasteiger partial charge is 0.438 e. The van der Waals surface area contributed by atoms with Gasteiger partial charge < -0.3 is 15.4 Å². The van der Waals surface area contributed by atoms with Crippen LogP contribution >= 0.6 is 11.6 Å². The van der Waals surface area contributed by atoms with E-state index in [2.05, 4.69) is 0 Å². The molecule has 1 heterocycles. The molecule has 2 amide bonds. The lowest BCUT2D eigenvalue weighted by molar-refractivity contribution is -0.121. The van der Waals surface area contributed by atoms with Crippen LogP contribution in [0.5, 0.6) is 0 Å². The molecule has 2 aromatic carbocycles. The molecule has 28 heavy (non-hydrogen) atoms. The molecule has 0 bridgehead atoms. The van der Waals surface area contributed by atoms with Crippen LogP contribution in [-0.4, -0.2) is 23.4 Å². The molecule has 148 valence electrons. The van der Waals surface area contributed by atoms with Gasteiger partial charge in [0.25, 0.3) is 0 Å². The molecule has 1 saturated heterocycles. The molecule has 0 saturated carbocycles. The Hall–Kier alpha value is -2.60. The molecule has 0 spiro atoms. The van der Waals surface area contributed by atoms with Crippen LogP contribution in [0.25, 0.3) is 0 Å². The molecule has 0 unspecified atom stereocenters. The van der Waals surface area contributed by atoms with E-state index in [0.29, 0.717) is 23.6 Å². The second-order valence-corrected chi connectivity index (χ2v) is 7.44. The number of nitrogens with two attached hydrogens (primary N) is 1. The zero-order chi connectivity index (χ0) is 20.3. The zero-order valence-corrected chi connectivity index (χ0v) is 16.3. The first kappa shape index (κ1) is 20.1. The number of primary amides is 1. The lowest BCUT2D eigenvalue weighted by Crippen LogP contribution is -2.49. The van der Waals surface area contributed by atoms with E-state index in [0.717, 1.165) is 5.56 Å². The number of hydrogen-bond donors (Lipinski definition) is 1. The van der Waals surface area contributed by atoms with E-state index in [9.17, 15) is 14.0 Å². The van der Waals surface area contributed by atoms with Gasteiger partial charge in [0.15, 0.2) is 0 Å². The van der Waals surface area contributed by atoms with Crippen molar-refractivity contribution >= 4 is 23.6 Å². The van der Waals surface area contributed by atoms with E-state index >= 15 is 0 Å². The second-order valence-electron chi connectivity index (χ2n) is 7.01. The van der Waals surface area contributed by atoms with E-state index in [1.165, 1.54) is 12.1 Å². The first-order valence-corrected chi connectivity index (χ1v) is 9.48. The van der Waals surface area contributed by atoms with Gasteiger partial charge in [-0.3, -0.25) is 4.79 Å². The van der Waals surface area contributed by atoms with Gasteiger partial charge in [-0.1, -0.05) is 35.9 Å². The summed E-state index contributed by atoms with van der Waals surface area (Å²) in [6.45, 7) is 2.34. The van der Waals surface area contributed by atoms with Crippen LogP contribution in [0.1, 0.15) is 43.4 Å². The number of amides is 2. The van der Waals surface area contributed by atoms with Crippen LogP contribution in [0.3, 0.4) is 0 Å². The molecular weight excluding hydrogens is 383 g/mol. The van der Waals surface area contributed by atoms with Crippen molar-refractivity contribution in [1.82, 2.24) is 4.90 Å². The van der Waals surface area contributed by atoms with Crippen molar-refractivity contribution in [2.75, 3.05) is 6.54 Å². The van der Waals surface area contributed by atoms with Crippen LogP contribution in [0.15, 0.2) is 48.5 Å². The number of nitrogens with zero attached hydrogens (tertiary/aromatic N) is 1. The Bertz CT molecular complexity index is 857. The minimum atomic E-state index is -1.00. The summed E-state index contributed by atoms with van der Waals surface area (Å²) >= 11 is 5.94. The van der Waals surface area contributed by atoms with E-state index in [1.807, 2.05) is 19.1 Å². The highest BCUT2D eigenvalue weighted by molar-refractivity contribution is 6.30. The number of cyclic esters (lactones) is 1. The van der Waals surface area contributed by atoms with Crippen molar-refractivity contribution < 1.29 is 18.7 Å². The van der Waals surface area contributed by atoms with Crippen molar-refractivity contribution in [2.45, 2.75) is 37.8 Å². The van der Waals surface area contributed by atoms with Crippen LogP contribution in [-0.2, 0) is 15.1 Å². The topological polar surface area (TPSA) is 72.6 Å². The molecule has 0 radical (unpaired) electrons. The van der Waals surface area contributed by atoms with E-state index in [1.54, 1.807) is 29.2 Å². The monoisotopic (exact) mass is 404 g/mol. The van der Waals surface area contributed by atoms with Crippen LogP contribution in [0.2, 0.25) is 5.02 Å². The van der Waals surface area contributed by atoms with E-state index in [-0.39, 0.29) is 24.7 Å². The average Bonchev–Trinajstić information content (AvgIpc) is 2.67. The summed E-state index contributed by atoms with van der Waals surface area (Å²) < 4.78 is 19.2. The number of benzene rings is 2. The molecule has 1 fully saturated rings. The quantitative estimate of drug-likeness (QED) is 0.767. The number of carbonyl (C=O) groups excluding carboxylic acids is 2. The fourth-order valence-electron chi connectivity index (χ4n) is 3.54. The molecule has 7 heteroatoms. The number of rotatable bonds is 6. The molecule has 2 aromatic rings. The normalized spacial score (nSPS) is 20.5. The van der Waals surface area contributed by atoms with Crippen LogP contribution in [0, 0.1) is 5.82 Å². The predicted molar refractivity (Wildman–Crippen MR) is 104 cm³/mol. The molecule has 1 aliphatic heterocycles. The van der Waals surface area contributed by atoms with Gasteiger partial charge in [0, 0.05) is 30.8 Å². The van der Waals surface area contributed by atoms with Gasteiger partial charge in [-0.05, 0) is 42.3 Å². The zero-order valence-electron chi connectivity index (χ0n) is 15.5. The summed E-state index contributed by atoms with van der Waals surface area (Å²) in [4.78, 5) is 25.8. The maximum absolute atomic E-state index is 13.4. The molecule has 3 rings (SSSR count). The van der Waals surface area contributed by atoms with Gasteiger partial charge >= 0.3 is 6.09 Å². The highest BCUT2D eigenvalue weighted by Gasteiger charge is 2.43. The molecule has 5 nitrogen and oxygen atoms in total. The van der Waals surface area contributed by atoms with Crippen molar-refractivity contribution in [3.63, 3.8) is 0 Å². The molecule has 1 aliphatic rings. The van der Waals surface area contributed by atoms with Gasteiger partial charge in [-0.15, -0.1) is 0 Å². The predicted octanol–water partition coefficient (Wildman–Crippen LogP) is 4.54. The van der Waals surface area contributed by atoms with E-state index in [4.69, 9.17) is 22.1 Å². The smallest absolute Gasteiger partial charge is 0.411 e. The fourth-order valence-corrected chi connectivity index (χ4v) is 3.67. The Morgan fingerprint density at radius 1 is 1.25 bits per heavy atom. The number of ether oxygens (including phenoxy) is 1. The SMILES string of the molecule is C[C@@H](c1ccc(Cl)cc1)N1CC[C@](CCC(N)=O)(c2ccc(F)cc2)OC1=O. The van der Waals surface area contributed by atoms with Gasteiger partial charge in [0.1, 0.15) is 11.4 Å². The Kier molecular flexibility index (Phi) is 5.89. The highest BCUT2D eigenvalue weighted by atomic mass is 35.5. The van der Waals surface area contributed by atoms with Gasteiger partial charge in [-0.25, -0.2) is 9.18 Å². The molecular formula is C21H22ClFN2O3. The third-order valence-corrected chi connectivity index (χ3v) is 5.49. The molecule has 2 atom stereocenters. The summed E-state index contributed by atoms with van der Waals surface area (Å²) in [5.74, 6) is -0.858. The number of hydrogen-bond acceptors (Lipinski definition) is 3. The molecule has 0 aliphatic carbocycles. The third kappa shape index (κ3) is 4.28. The van der Waals surface area contributed by atoms with Crippen molar-refractivity contribution in [3.8, 4) is 0 Å². The van der Waals surface area contributed by atoms with Crippen molar-refractivity contribution in [3.05, 3.63) is 70.5 Å². The standard InChI is InChI=1S/C21H22ClFN2O3/c1-14(15-2-6-17(22)7-3-15)25-13-12-21(28-20(25)27,11-10-19(24)26)16-4-8-18(23)9-5-16/h2-9,14H,10-13H2,1H3,(H2,24,26)/t14-,21+/m0/s1. The van der Waals surface area contributed by atoms with E-state index < -0.39 is 17.6 Å². The maximum Gasteiger partial charge on any atom is 0.411 e. The van der Waals surface area contributed by atoms with Crippen molar-refractivity contribution in [1.29, 1.82) is 0 Å². The summed E-state index contributed by atoms with van der Waals surface area (Å²) in [5.41, 5.74) is 5.90. The van der Waals surface area contributed by atoms with Gasteiger partial charge in [-0.2, -0.15) is 0 Å². The Morgan fingerprint density at radius 3 is 2.46 bits per heavy atom. The van der Waals surface area contributed by atoms with Gasteiger partial charge in [0.2, 0.25) is 5.91 Å². The minimum Gasteiger partial charge on any atom is -0.438 e. The van der Waals surface area contributed by atoms with Gasteiger partial charge in [0.05, 0.1) is 6.04 Å². The summed E-state index contributed by atoms with van der Waals surface area (Å²) in [7, 11) is 0. The van der Waals surface area contributed by atoms with Crippen molar-refractivity contribution in [2.24, 2.45) is 5.73 Å². The molecule has 0 aromatic heterocycles. The summed E-state index contributed by atoms with van der Waals surface area (Å²) in [6, 6.07) is 12.9. The summed E-state index contributed by atoms with van der Waals surface area (Å²) in [5, 5.41) is 0.624. The Labute approximate surface area is 168 Å². The summed E-state index contributed by atoms with van der Waals surface area (Å²) in [6.07, 6.45) is 0.304. The fraction of sp³-hybridized carbons (Fsp3) is 0.333. The minimum absolute atomic E-state index is 0.0669. The van der Waals surface area contributed by atoms with Crippen LogP contribution in [0.4, 0.5) is 9.18 Å². The molecule has 2 N–H and O–H groups in total. The second kappa shape index (κ2) is 8.19. The first-order chi connectivity index (χ1) is 13.3. The Balaban J connectivity index is 1.83. The maximum atomic E-state index is 13.4. The third-order valence-electron chi connectivity index (χ3n) is 5.24. The number of carbonyl (C=O) groups is 2. The van der Waals surface area contributed by atoms with Crippen LogP contribution < -0.4 is 5.73 Å².